The molecule has 2 N–H and O–H groups in total. The lowest BCUT2D eigenvalue weighted by atomic mass is 10.2. The van der Waals surface area contributed by atoms with Gasteiger partial charge in [0.15, 0.2) is 9.84 Å². The van der Waals surface area contributed by atoms with Gasteiger partial charge in [0, 0.05) is 19.6 Å². The van der Waals surface area contributed by atoms with Crippen LogP contribution in [0.1, 0.15) is 28.2 Å². The summed E-state index contributed by atoms with van der Waals surface area (Å²) in [5.41, 5.74) is 2.29. The van der Waals surface area contributed by atoms with Gasteiger partial charge >= 0.3 is 0 Å². The fourth-order valence-electron chi connectivity index (χ4n) is 2.73. The van der Waals surface area contributed by atoms with E-state index in [1.807, 2.05) is 11.6 Å². The number of aromatic nitrogens is 2. The van der Waals surface area contributed by atoms with Crippen molar-refractivity contribution in [2.75, 3.05) is 18.8 Å². The Labute approximate surface area is 147 Å². The number of hydrogen-bond donors (Lipinski definition) is 2. The number of carbonyl (C=O) groups is 1. The number of carbonyl (C=O) groups excluding carboxylic acids is 1. The second kappa shape index (κ2) is 7.37. The third kappa shape index (κ3) is 4.26. The first-order chi connectivity index (χ1) is 12.0. The SMILES string of the molecule is Cc1ccc(S(=O)(=O)CCNC(=O)c2cc3n(n2)CCCNC3)cc1. The molecule has 25 heavy (non-hydrogen) atoms. The molecule has 0 saturated carbocycles. The van der Waals surface area contributed by atoms with E-state index in [1.165, 1.54) is 0 Å². The minimum Gasteiger partial charge on any atom is -0.350 e. The highest BCUT2D eigenvalue weighted by molar-refractivity contribution is 7.91. The quantitative estimate of drug-likeness (QED) is 0.824. The van der Waals surface area contributed by atoms with Crippen LogP contribution >= 0.6 is 0 Å². The normalized spacial score (nSPS) is 14.6. The Morgan fingerprint density at radius 3 is 2.84 bits per heavy atom. The first-order valence-corrected chi connectivity index (χ1v) is 9.96. The summed E-state index contributed by atoms with van der Waals surface area (Å²) in [4.78, 5) is 12.5. The zero-order chi connectivity index (χ0) is 17.9. The molecule has 1 aromatic heterocycles. The van der Waals surface area contributed by atoms with E-state index in [9.17, 15) is 13.2 Å². The second-order valence-corrected chi connectivity index (χ2v) is 8.27. The third-order valence-electron chi connectivity index (χ3n) is 4.16. The molecule has 2 aromatic rings. The Kier molecular flexibility index (Phi) is 5.19. The summed E-state index contributed by atoms with van der Waals surface area (Å²) in [6, 6.07) is 8.45. The number of rotatable bonds is 5. The van der Waals surface area contributed by atoms with Gasteiger partial charge in [0.1, 0.15) is 5.69 Å². The van der Waals surface area contributed by atoms with Gasteiger partial charge in [0.25, 0.3) is 5.91 Å². The highest BCUT2D eigenvalue weighted by Gasteiger charge is 2.18. The Morgan fingerprint density at radius 1 is 1.32 bits per heavy atom. The molecule has 134 valence electrons. The van der Waals surface area contributed by atoms with Crippen molar-refractivity contribution in [2.24, 2.45) is 0 Å². The lowest BCUT2D eigenvalue weighted by Gasteiger charge is -2.06. The topological polar surface area (TPSA) is 93.1 Å². The Balaban J connectivity index is 1.58. The number of sulfone groups is 1. The molecule has 0 fully saturated rings. The highest BCUT2D eigenvalue weighted by atomic mass is 32.2. The van der Waals surface area contributed by atoms with Crippen LogP contribution in [0.5, 0.6) is 0 Å². The molecule has 1 amide bonds. The van der Waals surface area contributed by atoms with Crippen LogP contribution in [-0.2, 0) is 22.9 Å². The molecule has 1 aromatic carbocycles. The van der Waals surface area contributed by atoms with Crippen molar-refractivity contribution >= 4 is 15.7 Å². The van der Waals surface area contributed by atoms with Crippen molar-refractivity contribution in [2.45, 2.75) is 31.3 Å². The van der Waals surface area contributed by atoms with Crippen LogP contribution in [0.3, 0.4) is 0 Å². The van der Waals surface area contributed by atoms with Crippen molar-refractivity contribution in [3.8, 4) is 0 Å². The van der Waals surface area contributed by atoms with Crippen LogP contribution in [0.15, 0.2) is 35.2 Å². The van der Waals surface area contributed by atoms with Gasteiger partial charge in [-0.15, -0.1) is 0 Å². The van der Waals surface area contributed by atoms with E-state index in [-0.39, 0.29) is 23.1 Å². The third-order valence-corrected chi connectivity index (χ3v) is 5.89. The predicted octanol–water partition coefficient (Wildman–Crippen LogP) is 0.889. The molecule has 8 heteroatoms. The molecule has 0 atom stereocenters. The standard InChI is InChI=1S/C17H22N4O3S/c1-13-3-5-15(6-4-13)25(23,24)10-8-19-17(22)16-11-14-12-18-7-2-9-21(14)20-16/h3-6,11,18H,2,7-10,12H2,1H3,(H,19,22). The number of benzene rings is 1. The van der Waals surface area contributed by atoms with Crippen molar-refractivity contribution in [1.29, 1.82) is 0 Å². The van der Waals surface area contributed by atoms with Gasteiger partial charge in [-0.1, -0.05) is 17.7 Å². The smallest absolute Gasteiger partial charge is 0.271 e. The van der Waals surface area contributed by atoms with Crippen molar-refractivity contribution in [3.05, 3.63) is 47.3 Å². The summed E-state index contributed by atoms with van der Waals surface area (Å²) in [6.45, 7) is 4.34. The fourth-order valence-corrected chi connectivity index (χ4v) is 3.88. The van der Waals surface area contributed by atoms with Crippen LogP contribution < -0.4 is 10.6 Å². The van der Waals surface area contributed by atoms with Gasteiger partial charge in [-0.2, -0.15) is 5.10 Å². The van der Waals surface area contributed by atoms with Crippen LogP contribution in [-0.4, -0.2) is 42.9 Å². The number of nitrogens with one attached hydrogen (secondary N) is 2. The summed E-state index contributed by atoms with van der Waals surface area (Å²) in [5.74, 6) is -0.489. The number of aryl methyl sites for hydroxylation is 2. The first-order valence-electron chi connectivity index (χ1n) is 8.31. The van der Waals surface area contributed by atoms with E-state index in [0.29, 0.717) is 12.2 Å². The maximum absolute atomic E-state index is 12.3. The number of amides is 1. The van der Waals surface area contributed by atoms with Gasteiger partial charge in [-0.3, -0.25) is 9.48 Å². The van der Waals surface area contributed by atoms with E-state index < -0.39 is 9.84 Å². The minimum absolute atomic E-state index is 0.0511. The van der Waals surface area contributed by atoms with Gasteiger partial charge in [-0.05, 0) is 38.1 Å². The molecule has 1 aliphatic rings. The predicted molar refractivity (Wildman–Crippen MR) is 94.1 cm³/mol. The number of nitrogens with zero attached hydrogens (tertiary/aromatic N) is 2. The molecule has 1 aliphatic heterocycles. The lowest BCUT2D eigenvalue weighted by molar-refractivity contribution is 0.0950. The van der Waals surface area contributed by atoms with Crippen molar-refractivity contribution in [1.82, 2.24) is 20.4 Å². The van der Waals surface area contributed by atoms with E-state index in [4.69, 9.17) is 0 Å². The summed E-state index contributed by atoms with van der Waals surface area (Å²) in [5, 5.41) is 10.2. The fraction of sp³-hybridized carbons (Fsp3) is 0.412. The number of hydrogen-bond acceptors (Lipinski definition) is 5. The van der Waals surface area contributed by atoms with Gasteiger partial charge in [0.05, 0.1) is 16.3 Å². The zero-order valence-electron chi connectivity index (χ0n) is 14.2. The Hall–Kier alpha value is -2.19. The van der Waals surface area contributed by atoms with Crippen molar-refractivity contribution < 1.29 is 13.2 Å². The molecule has 2 heterocycles. The average molecular weight is 362 g/mol. The number of fused-ring (bicyclic) bond motifs is 1. The first kappa shape index (κ1) is 17.6. The van der Waals surface area contributed by atoms with Crippen LogP contribution in [0.4, 0.5) is 0 Å². The lowest BCUT2D eigenvalue weighted by Crippen LogP contribution is -2.29. The molecule has 0 bridgehead atoms. The zero-order valence-corrected chi connectivity index (χ0v) is 15.0. The van der Waals surface area contributed by atoms with Gasteiger partial charge in [-0.25, -0.2) is 8.42 Å². The molecule has 0 radical (unpaired) electrons. The minimum atomic E-state index is -3.41. The largest absolute Gasteiger partial charge is 0.350 e. The van der Waals surface area contributed by atoms with E-state index in [0.717, 1.165) is 30.8 Å². The molecular formula is C17H22N4O3S. The summed E-state index contributed by atoms with van der Waals surface area (Å²) in [7, 11) is -3.41. The molecule has 3 rings (SSSR count). The average Bonchev–Trinajstić information content (AvgIpc) is 2.86. The van der Waals surface area contributed by atoms with Crippen LogP contribution in [0, 0.1) is 6.92 Å². The van der Waals surface area contributed by atoms with Gasteiger partial charge < -0.3 is 10.6 Å². The van der Waals surface area contributed by atoms with E-state index in [2.05, 4.69) is 15.7 Å². The molecule has 7 nitrogen and oxygen atoms in total. The maximum Gasteiger partial charge on any atom is 0.271 e. The summed E-state index contributed by atoms with van der Waals surface area (Å²) < 4.78 is 26.4. The maximum atomic E-state index is 12.3. The Morgan fingerprint density at radius 2 is 2.08 bits per heavy atom. The molecule has 0 spiro atoms. The molecule has 0 aliphatic carbocycles. The monoisotopic (exact) mass is 362 g/mol. The molecule has 0 unspecified atom stereocenters. The van der Waals surface area contributed by atoms with E-state index in [1.54, 1.807) is 30.3 Å². The van der Waals surface area contributed by atoms with E-state index >= 15 is 0 Å². The highest BCUT2D eigenvalue weighted by Crippen LogP contribution is 2.12. The molecular weight excluding hydrogens is 340 g/mol. The molecule has 0 saturated heterocycles. The second-order valence-electron chi connectivity index (χ2n) is 6.16. The van der Waals surface area contributed by atoms with Crippen LogP contribution in [0.25, 0.3) is 0 Å². The van der Waals surface area contributed by atoms with Crippen LogP contribution in [0.2, 0.25) is 0 Å². The van der Waals surface area contributed by atoms with Crippen molar-refractivity contribution in [3.63, 3.8) is 0 Å². The van der Waals surface area contributed by atoms with Gasteiger partial charge in [0.2, 0.25) is 0 Å². The Bertz CT molecular complexity index is 833. The summed E-state index contributed by atoms with van der Waals surface area (Å²) >= 11 is 0. The summed E-state index contributed by atoms with van der Waals surface area (Å²) in [6.07, 6.45) is 0.963.